The van der Waals surface area contributed by atoms with E-state index in [1.54, 1.807) is 31.4 Å². The van der Waals surface area contributed by atoms with Crippen molar-refractivity contribution in [1.82, 2.24) is 5.32 Å². The third-order valence-corrected chi connectivity index (χ3v) is 6.48. The van der Waals surface area contributed by atoms with Crippen molar-refractivity contribution >= 4 is 17.7 Å². The van der Waals surface area contributed by atoms with Crippen LogP contribution in [0.2, 0.25) is 0 Å². The van der Waals surface area contributed by atoms with E-state index in [9.17, 15) is 14.4 Å². The Morgan fingerprint density at radius 2 is 1.59 bits per heavy atom. The third kappa shape index (κ3) is 4.09. The number of carbonyl (C=O) groups is 3. The molecule has 0 amide bonds. The van der Waals surface area contributed by atoms with E-state index < -0.39 is 17.9 Å². The van der Waals surface area contributed by atoms with Gasteiger partial charge in [-0.1, -0.05) is 30.3 Å². The van der Waals surface area contributed by atoms with Crippen LogP contribution in [0.5, 0.6) is 5.75 Å². The summed E-state index contributed by atoms with van der Waals surface area (Å²) in [7, 11) is 4.27. The number of rotatable bonds is 5. The number of dihydropyridines is 1. The molecule has 0 saturated heterocycles. The molecule has 1 aliphatic heterocycles. The fourth-order valence-electron chi connectivity index (χ4n) is 4.91. The summed E-state index contributed by atoms with van der Waals surface area (Å²) in [5.41, 5.74) is 4.47. The zero-order chi connectivity index (χ0) is 24.4. The third-order valence-electron chi connectivity index (χ3n) is 6.48. The number of benzene rings is 2. The Morgan fingerprint density at radius 3 is 2.24 bits per heavy atom. The predicted octanol–water partition coefficient (Wildman–Crippen LogP) is 4.02. The summed E-state index contributed by atoms with van der Waals surface area (Å²) in [6.07, 6.45) is 0.898. The smallest absolute Gasteiger partial charge is 0.337 e. The van der Waals surface area contributed by atoms with Crippen molar-refractivity contribution in [3.8, 4) is 5.75 Å². The van der Waals surface area contributed by atoms with E-state index in [1.807, 2.05) is 31.2 Å². The van der Waals surface area contributed by atoms with Gasteiger partial charge < -0.3 is 19.5 Å². The first-order chi connectivity index (χ1) is 16.4. The molecule has 7 nitrogen and oxygen atoms in total. The number of allylic oxidation sites excluding steroid dienone is 3. The molecule has 2 aromatic rings. The van der Waals surface area contributed by atoms with Gasteiger partial charge in [-0.2, -0.15) is 0 Å². The number of esters is 2. The second kappa shape index (κ2) is 9.55. The maximum absolute atomic E-state index is 13.6. The lowest BCUT2D eigenvalue weighted by Crippen LogP contribution is -2.36. The summed E-state index contributed by atoms with van der Waals surface area (Å²) in [4.78, 5) is 38.3. The van der Waals surface area contributed by atoms with Gasteiger partial charge in [0.1, 0.15) is 5.75 Å². The van der Waals surface area contributed by atoms with E-state index in [2.05, 4.69) is 5.32 Å². The Morgan fingerprint density at radius 1 is 0.912 bits per heavy atom. The molecule has 7 heteroatoms. The molecular weight excluding hydrogens is 434 g/mol. The molecule has 2 aliphatic rings. The van der Waals surface area contributed by atoms with E-state index >= 15 is 0 Å². The average molecular weight is 462 g/mol. The number of nitrogens with one attached hydrogen (secondary N) is 1. The van der Waals surface area contributed by atoms with Crippen molar-refractivity contribution in [2.45, 2.75) is 31.6 Å². The monoisotopic (exact) mass is 461 g/mol. The summed E-state index contributed by atoms with van der Waals surface area (Å²) in [5.74, 6) is -0.896. The van der Waals surface area contributed by atoms with Crippen LogP contribution in [0.15, 0.2) is 71.1 Å². The average Bonchev–Trinajstić information content (AvgIpc) is 2.86. The molecule has 1 aliphatic carbocycles. The van der Waals surface area contributed by atoms with Crippen molar-refractivity contribution in [1.29, 1.82) is 0 Å². The number of hydrogen-bond acceptors (Lipinski definition) is 7. The van der Waals surface area contributed by atoms with Crippen LogP contribution in [-0.2, 0) is 19.1 Å². The minimum absolute atomic E-state index is 0.0411. The Hall–Kier alpha value is -3.87. The molecule has 1 heterocycles. The Balaban J connectivity index is 1.79. The van der Waals surface area contributed by atoms with E-state index in [0.717, 1.165) is 22.6 Å². The summed E-state index contributed by atoms with van der Waals surface area (Å²) in [6, 6.07) is 14.5. The van der Waals surface area contributed by atoms with Gasteiger partial charge in [-0.15, -0.1) is 0 Å². The molecule has 0 aromatic heterocycles. The second-order valence-corrected chi connectivity index (χ2v) is 8.36. The van der Waals surface area contributed by atoms with Crippen LogP contribution in [0.3, 0.4) is 0 Å². The van der Waals surface area contributed by atoms with Crippen molar-refractivity contribution in [2.75, 3.05) is 21.3 Å². The van der Waals surface area contributed by atoms with Gasteiger partial charge in [0.05, 0.1) is 32.5 Å². The van der Waals surface area contributed by atoms with Gasteiger partial charge in [-0.25, -0.2) is 9.59 Å². The molecule has 2 unspecified atom stereocenters. The Labute approximate surface area is 198 Å². The van der Waals surface area contributed by atoms with Crippen LogP contribution in [0, 0.1) is 0 Å². The lowest BCUT2D eigenvalue weighted by Gasteiger charge is -2.36. The molecule has 0 radical (unpaired) electrons. The van der Waals surface area contributed by atoms with Crippen LogP contribution in [-0.4, -0.2) is 39.1 Å². The topological polar surface area (TPSA) is 90.9 Å². The van der Waals surface area contributed by atoms with Gasteiger partial charge in [0.15, 0.2) is 5.78 Å². The van der Waals surface area contributed by atoms with E-state index in [-0.39, 0.29) is 11.7 Å². The maximum atomic E-state index is 13.6. The number of hydrogen-bond donors (Lipinski definition) is 1. The summed E-state index contributed by atoms with van der Waals surface area (Å²) >= 11 is 0. The summed E-state index contributed by atoms with van der Waals surface area (Å²) in [5, 5.41) is 3.31. The fraction of sp³-hybridized carbons (Fsp3) is 0.296. The number of Topliss-reactive ketones (excluding diaryl/α,β-unsaturated/α-hetero) is 1. The minimum Gasteiger partial charge on any atom is -0.496 e. The number of ether oxygens (including phenoxy) is 3. The van der Waals surface area contributed by atoms with Gasteiger partial charge in [0, 0.05) is 35.2 Å². The van der Waals surface area contributed by atoms with E-state index in [1.165, 1.54) is 14.2 Å². The van der Waals surface area contributed by atoms with Gasteiger partial charge in [0.2, 0.25) is 0 Å². The molecule has 0 spiro atoms. The van der Waals surface area contributed by atoms with Gasteiger partial charge in [-0.05, 0) is 42.7 Å². The summed E-state index contributed by atoms with van der Waals surface area (Å²) in [6.45, 7) is 1.81. The van der Waals surface area contributed by atoms with Crippen LogP contribution < -0.4 is 10.1 Å². The van der Waals surface area contributed by atoms with Gasteiger partial charge in [-0.3, -0.25) is 4.79 Å². The molecular formula is C27H27NO6. The predicted molar refractivity (Wildman–Crippen MR) is 125 cm³/mol. The normalized spacial score (nSPS) is 19.8. The molecule has 0 bridgehead atoms. The molecule has 2 atom stereocenters. The highest BCUT2D eigenvalue weighted by molar-refractivity contribution is 6.04. The molecule has 2 aromatic carbocycles. The highest BCUT2D eigenvalue weighted by Gasteiger charge is 2.41. The Kier molecular flexibility index (Phi) is 6.54. The molecule has 0 fully saturated rings. The first-order valence-electron chi connectivity index (χ1n) is 11.0. The Bertz CT molecular complexity index is 1210. The molecule has 1 N–H and O–H groups in total. The number of para-hydroxylation sites is 1. The second-order valence-electron chi connectivity index (χ2n) is 8.36. The minimum atomic E-state index is -0.596. The lowest BCUT2D eigenvalue weighted by atomic mass is 9.71. The molecule has 34 heavy (non-hydrogen) atoms. The van der Waals surface area contributed by atoms with E-state index in [4.69, 9.17) is 14.2 Å². The number of methoxy groups -OCH3 is 3. The van der Waals surface area contributed by atoms with Crippen molar-refractivity contribution in [3.63, 3.8) is 0 Å². The van der Waals surface area contributed by atoms with Crippen LogP contribution in [0.25, 0.3) is 0 Å². The molecule has 0 saturated carbocycles. The van der Waals surface area contributed by atoms with Gasteiger partial charge >= 0.3 is 11.9 Å². The van der Waals surface area contributed by atoms with Crippen LogP contribution in [0.4, 0.5) is 0 Å². The summed E-state index contributed by atoms with van der Waals surface area (Å²) < 4.78 is 15.4. The van der Waals surface area contributed by atoms with Crippen molar-refractivity contribution in [2.24, 2.45) is 0 Å². The quantitative estimate of drug-likeness (QED) is 0.673. The fourth-order valence-corrected chi connectivity index (χ4v) is 4.91. The SMILES string of the molecule is COC(=O)C1=C(C)NC2=C(C(=O)CC(c3ccccc3OC)C2)C1c1ccc(C(=O)OC)cc1. The lowest BCUT2D eigenvalue weighted by molar-refractivity contribution is -0.136. The van der Waals surface area contributed by atoms with E-state index in [0.29, 0.717) is 35.2 Å². The van der Waals surface area contributed by atoms with Crippen molar-refractivity contribution < 1.29 is 28.6 Å². The maximum Gasteiger partial charge on any atom is 0.337 e. The standard InChI is InChI=1S/C27H27NO6/c1-15-23(27(31)34-4)24(16-9-11-17(12-10-16)26(30)33-3)25-20(28-15)13-18(14-21(25)29)19-7-5-6-8-22(19)32-2/h5-12,18,24,28H,13-14H2,1-4H3. The first kappa shape index (κ1) is 23.3. The highest BCUT2D eigenvalue weighted by Crippen LogP contribution is 2.46. The molecule has 4 rings (SSSR count). The largest absolute Gasteiger partial charge is 0.496 e. The number of ketones is 1. The van der Waals surface area contributed by atoms with Crippen LogP contribution >= 0.6 is 0 Å². The van der Waals surface area contributed by atoms with Crippen LogP contribution in [0.1, 0.15) is 53.1 Å². The number of carbonyl (C=O) groups excluding carboxylic acids is 3. The highest BCUT2D eigenvalue weighted by atomic mass is 16.5. The van der Waals surface area contributed by atoms with Crippen molar-refractivity contribution in [3.05, 3.63) is 87.8 Å². The first-order valence-corrected chi connectivity index (χ1v) is 11.0. The van der Waals surface area contributed by atoms with Gasteiger partial charge in [0.25, 0.3) is 0 Å². The zero-order valence-corrected chi connectivity index (χ0v) is 19.6. The molecule has 176 valence electrons. The zero-order valence-electron chi connectivity index (χ0n) is 19.6.